The molecule has 2 aromatic rings. The van der Waals surface area contributed by atoms with Crippen LogP contribution in [0.25, 0.3) is 11.4 Å². The van der Waals surface area contributed by atoms with Gasteiger partial charge in [-0.1, -0.05) is 0 Å². The molecule has 1 heterocycles. The van der Waals surface area contributed by atoms with Gasteiger partial charge in [0.1, 0.15) is 5.82 Å². The summed E-state index contributed by atoms with van der Waals surface area (Å²) < 4.78 is 37.3. The summed E-state index contributed by atoms with van der Waals surface area (Å²) in [6.07, 6.45) is 0. The van der Waals surface area contributed by atoms with Crippen molar-refractivity contribution in [3.05, 3.63) is 29.6 Å². The van der Waals surface area contributed by atoms with Crippen LogP contribution < -0.4 is 0 Å². The Morgan fingerprint density at radius 3 is 2.58 bits per heavy atom. The quantitative estimate of drug-likeness (QED) is 0.816. The van der Waals surface area contributed by atoms with E-state index in [9.17, 15) is 12.8 Å². The number of hydrogen-bond donors (Lipinski definition) is 0. The van der Waals surface area contributed by atoms with Crippen molar-refractivity contribution < 1.29 is 12.8 Å². The zero-order valence-corrected chi connectivity index (χ0v) is 11.8. The van der Waals surface area contributed by atoms with Crippen LogP contribution >= 0.6 is 10.7 Å². The largest absolute Gasteiger partial charge is 0.297 e. The van der Waals surface area contributed by atoms with E-state index in [0.29, 0.717) is 23.5 Å². The number of aryl methyl sites for hydroxylation is 1. The van der Waals surface area contributed by atoms with Crippen molar-refractivity contribution >= 4 is 19.7 Å². The third-order valence-corrected chi connectivity index (χ3v) is 3.82. The molecule has 8 heteroatoms. The molecule has 0 saturated carbocycles. The predicted octanol–water partition coefficient (Wildman–Crippen LogP) is 2.34. The maximum absolute atomic E-state index is 13.2. The summed E-state index contributed by atoms with van der Waals surface area (Å²) in [7, 11) is 1.33. The summed E-state index contributed by atoms with van der Waals surface area (Å²) >= 11 is 0. The Balaban J connectivity index is 2.63. The van der Waals surface area contributed by atoms with Gasteiger partial charge in [0.2, 0.25) is 0 Å². The first-order valence-corrected chi connectivity index (χ1v) is 7.80. The van der Waals surface area contributed by atoms with Gasteiger partial charge < -0.3 is 0 Å². The normalized spacial score (nSPS) is 11.8. The lowest BCUT2D eigenvalue weighted by molar-refractivity contribution is 0.582. The second-order valence-corrected chi connectivity index (χ2v) is 6.41. The molecule has 19 heavy (non-hydrogen) atoms. The molecule has 0 aliphatic rings. The molecule has 0 atom stereocenters. The van der Waals surface area contributed by atoms with Crippen molar-refractivity contribution in [2.24, 2.45) is 0 Å². The second-order valence-electron chi connectivity index (χ2n) is 3.95. The lowest BCUT2D eigenvalue weighted by atomic mass is 10.1. The second kappa shape index (κ2) is 4.90. The lowest BCUT2D eigenvalue weighted by Gasteiger charge is -2.06. The minimum atomic E-state index is -3.96. The molecule has 1 aromatic carbocycles. The van der Waals surface area contributed by atoms with E-state index in [1.807, 2.05) is 0 Å². The maximum atomic E-state index is 13.2. The number of halogens is 2. The van der Waals surface area contributed by atoms with Crippen molar-refractivity contribution in [2.45, 2.75) is 25.5 Å². The first-order chi connectivity index (χ1) is 8.84. The molecule has 5 nitrogen and oxygen atoms in total. The summed E-state index contributed by atoms with van der Waals surface area (Å²) in [6, 6.07) is 4.40. The molecule has 0 radical (unpaired) electrons. The Kier molecular flexibility index (Phi) is 3.60. The van der Waals surface area contributed by atoms with Crippen molar-refractivity contribution in [1.82, 2.24) is 14.8 Å². The van der Waals surface area contributed by atoms with Gasteiger partial charge in [0.25, 0.3) is 14.2 Å². The van der Waals surface area contributed by atoms with Gasteiger partial charge >= 0.3 is 0 Å². The van der Waals surface area contributed by atoms with E-state index in [2.05, 4.69) is 10.2 Å². The number of aromatic nitrogens is 3. The smallest absolute Gasteiger partial charge is 0.296 e. The molecule has 0 N–H and O–H groups in total. The molecular weight excluding hydrogens is 293 g/mol. The van der Waals surface area contributed by atoms with Crippen LogP contribution in [0.15, 0.2) is 23.4 Å². The number of nitrogens with zero attached hydrogens (tertiary/aromatic N) is 3. The third-order valence-electron chi connectivity index (χ3n) is 2.67. The van der Waals surface area contributed by atoms with Crippen molar-refractivity contribution in [3.8, 4) is 11.4 Å². The number of benzene rings is 1. The number of rotatable bonds is 3. The summed E-state index contributed by atoms with van der Waals surface area (Å²) in [5, 5.41) is 7.10. The minimum Gasteiger partial charge on any atom is -0.297 e. The Hall–Kier alpha value is -1.47. The summed E-state index contributed by atoms with van der Waals surface area (Å²) in [4.78, 5) is 0. The molecule has 0 saturated heterocycles. The van der Waals surface area contributed by atoms with Crippen LogP contribution in [-0.2, 0) is 15.6 Å². The molecule has 0 aliphatic heterocycles. The van der Waals surface area contributed by atoms with Crippen LogP contribution in [-0.4, -0.2) is 23.2 Å². The molecular formula is C11H11ClFN3O2S. The highest BCUT2D eigenvalue weighted by atomic mass is 35.7. The average molecular weight is 304 g/mol. The molecule has 1 aromatic heterocycles. The van der Waals surface area contributed by atoms with Gasteiger partial charge in [0, 0.05) is 22.8 Å². The first kappa shape index (κ1) is 14.0. The van der Waals surface area contributed by atoms with Gasteiger partial charge in [0.15, 0.2) is 5.82 Å². The van der Waals surface area contributed by atoms with E-state index < -0.39 is 9.05 Å². The van der Waals surface area contributed by atoms with E-state index in [0.717, 1.165) is 0 Å². The van der Waals surface area contributed by atoms with Crippen molar-refractivity contribution in [3.63, 3.8) is 0 Å². The predicted molar refractivity (Wildman–Crippen MR) is 68.9 cm³/mol. The van der Waals surface area contributed by atoms with E-state index in [1.165, 1.54) is 16.7 Å². The fraction of sp³-hybridized carbons (Fsp3) is 0.273. The van der Waals surface area contributed by atoms with E-state index in [1.54, 1.807) is 19.9 Å². The highest BCUT2D eigenvalue weighted by molar-refractivity contribution is 8.13. The summed E-state index contributed by atoms with van der Waals surface area (Å²) in [5.74, 6) is 0.00123. The van der Waals surface area contributed by atoms with Gasteiger partial charge in [-0.25, -0.2) is 12.8 Å². The van der Waals surface area contributed by atoms with Crippen molar-refractivity contribution in [1.29, 1.82) is 0 Å². The third kappa shape index (κ3) is 2.62. The molecule has 0 amide bonds. The topological polar surface area (TPSA) is 64.8 Å². The van der Waals surface area contributed by atoms with E-state index in [-0.39, 0.29) is 11.0 Å². The van der Waals surface area contributed by atoms with Crippen LogP contribution in [0.2, 0.25) is 0 Å². The lowest BCUT2D eigenvalue weighted by Crippen LogP contribution is -2.06. The van der Waals surface area contributed by atoms with Crippen LogP contribution in [0.3, 0.4) is 0 Å². The Labute approximate surface area is 114 Å². The van der Waals surface area contributed by atoms with E-state index >= 15 is 0 Å². The van der Waals surface area contributed by atoms with Gasteiger partial charge in [-0.2, -0.15) is 0 Å². The summed E-state index contributed by atoms with van der Waals surface area (Å²) in [6.45, 7) is 3.69. The van der Waals surface area contributed by atoms with Gasteiger partial charge in [-0.05, 0) is 37.6 Å². The Morgan fingerprint density at radius 1 is 1.37 bits per heavy atom. The molecule has 2 rings (SSSR count). The molecule has 0 aliphatic carbocycles. The fourth-order valence-electron chi connectivity index (χ4n) is 1.75. The van der Waals surface area contributed by atoms with Gasteiger partial charge in [-0.15, -0.1) is 10.2 Å². The van der Waals surface area contributed by atoms with Crippen LogP contribution in [0, 0.1) is 12.7 Å². The monoisotopic (exact) mass is 303 g/mol. The number of hydrogen-bond acceptors (Lipinski definition) is 4. The van der Waals surface area contributed by atoms with Crippen molar-refractivity contribution in [2.75, 3.05) is 0 Å². The molecule has 102 valence electrons. The zero-order valence-electron chi connectivity index (χ0n) is 10.3. The highest BCUT2D eigenvalue weighted by Gasteiger charge is 2.22. The first-order valence-electron chi connectivity index (χ1n) is 5.49. The van der Waals surface area contributed by atoms with Gasteiger partial charge in [0.05, 0.1) is 0 Å². The SMILES string of the molecule is CCn1c(-c2ccc(F)c(C)c2)nnc1S(=O)(=O)Cl. The summed E-state index contributed by atoms with van der Waals surface area (Å²) in [5.41, 5.74) is 1.03. The minimum absolute atomic E-state index is 0.311. The fourth-order valence-corrected chi connectivity index (χ4v) is 2.71. The zero-order chi connectivity index (χ0) is 14.2. The van der Waals surface area contributed by atoms with Crippen LogP contribution in [0.1, 0.15) is 12.5 Å². The molecule has 0 bridgehead atoms. The van der Waals surface area contributed by atoms with Gasteiger partial charge in [-0.3, -0.25) is 4.57 Å². The highest BCUT2D eigenvalue weighted by Crippen LogP contribution is 2.23. The average Bonchev–Trinajstić information content (AvgIpc) is 2.76. The maximum Gasteiger partial charge on any atom is 0.296 e. The molecule has 0 spiro atoms. The molecule has 0 unspecified atom stereocenters. The molecule has 0 fully saturated rings. The van der Waals surface area contributed by atoms with Crippen LogP contribution in [0.4, 0.5) is 4.39 Å². The standard InChI is InChI=1S/C11H11ClFN3O2S/c1-3-16-10(14-15-11(16)19(12,17)18)8-4-5-9(13)7(2)6-8/h4-6H,3H2,1-2H3. The van der Waals surface area contributed by atoms with Crippen LogP contribution in [0.5, 0.6) is 0 Å². The Bertz CT molecular complexity index is 728. The Morgan fingerprint density at radius 2 is 2.05 bits per heavy atom. The van der Waals surface area contributed by atoms with E-state index in [4.69, 9.17) is 10.7 Å².